The molecule has 0 bridgehead atoms. The standard InChI is InChI=1S/C18H22N4O/c1-21(12-17-20-19-16-10-5-11-22(16)17)18(23)15-9-4-7-13-6-2-3-8-14(13)15/h2-3,6,8,15H,4-5,7,9-12H2,1H3/t15-/m0/s1. The smallest absolute Gasteiger partial charge is 0.230 e. The first kappa shape index (κ1) is 14.4. The van der Waals surface area contributed by atoms with Crippen molar-refractivity contribution in [2.75, 3.05) is 7.05 Å². The number of nitrogens with zero attached hydrogens (tertiary/aromatic N) is 4. The van der Waals surface area contributed by atoms with Crippen LogP contribution in [0.2, 0.25) is 0 Å². The fourth-order valence-corrected chi connectivity index (χ4v) is 3.89. The van der Waals surface area contributed by atoms with Gasteiger partial charge in [-0.05, 0) is 36.8 Å². The van der Waals surface area contributed by atoms with Crippen LogP contribution < -0.4 is 0 Å². The molecule has 0 saturated carbocycles. The number of likely N-dealkylation sites (N-methyl/N-ethyl adjacent to an activating group) is 1. The Bertz CT molecular complexity index is 736. The fraction of sp³-hybridized carbons (Fsp3) is 0.500. The number of carbonyl (C=O) groups excluding carboxylic acids is 1. The molecule has 4 rings (SSSR count). The summed E-state index contributed by atoms with van der Waals surface area (Å²) in [6, 6.07) is 8.37. The monoisotopic (exact) mass is 310 g/mol. The maximum Gasteiger partial charge on any atom is 0.230 e. The first-order valence-electron chi connectivity index (χ1n) is 8.48. The summed E-state index contributed by atoms with van der Waals surface area (Å²) in [5.41, 5.74) is 2.54. The topological polar surface area (TPSA) is 51.0 Å². The molecule has 5 heteroatoms. The zero-order valence-corrected chi connectivity index (χ0v) is 13.5. The maximum absolute atomic E-state index is 13.0. The van der Waals surface area contributed by atoms with Gasteiger partial charge < -0.3 is 9.47 Å². The van der Waals surface area contributed by atoms with Gasteiger partial charge in [0.05, 0.1) is 12.5 Å². The van der Waals surface area contributed by atoms with E-state index in [1.54, 1.807) is 0 Å². The van der Waals surface area contributed by atoms with Crippen LogP contribution in [0.3, 0.4) is 0 Å². The van der Waals surface area contributed by atoms with E-state index in [9.17, 15) is 4.79 Å². The number of aryl methyl sites for hydroxylation is 2. The van der Waals surface area contributed by atoms with E-state index in [0.717, 1.165) is 50.3 Å². The Morgan fingerprint density at radius 3 is 3.04 bits per heavy atom. The SMILES string of the molecule is CN(Cc1nnc2n1CCC2)C(=O)[C@H]1CCCc2ccccc21. The van der Waals surface area contributed by atoms with E-state index < -0.39 is 0 Å². The van der Waals surface area contributed by atoms with Gasteiger partial charge in [-0.2, -0.15) is 0 Å². The number of carbonyl (C=O) groups is 1. The van der Waals surface area contributed by atoms with Crippen molar-refractivity contribution in [1.82, 2.24) is 19.7 Å². The van der Waals surface area contributed by atoms with E-state index in [-0.39, 0.29) is 11.8 Å². The average Bonchev–Trinajstić information content (AvgIpc) is 3.18. The van der Waals surface area contributed by atoms with Crippen LogP contribution in [-0.4, -0.2) is 32.6 Å². The maximum atomic E-state index is 13.0. The third-order valence-electron chi connectivity index (χ3n) is 5.11. The number of aromatic nitrogens is 3. The molecule has 1 atom stereocenters. The highest BCUT2D eigenvalue weighted by atomic mass is 16.2. The molecular formula is C18H22N4O. The molecule has 1 aliphatic carbocycles. The van der Waals surface area contributed by atoms with E-state index in [1.165, 1.54) is 11.1 Å². The predicted octanol–water partition coefficient (Wildman–Crippen LogP) is 2.30. The van der Waals surface area contributed by atoms with Crippen LogP contribution in [0.25, 0.3) is 0 Å². The summed E-state index contributed by atoms with van der Waals surface area (Å²) in [7, 11) is 1.89. The summed E-state index contributed by atoms with van der Waals surface area (Å²) >= 11 is 0. The van der Waals surface area contributed by atoms with Crippen molar-refractivity contribution in [2.24, 2.45) is 0 Å². The van der Waals surface area contributed by atoms with Gasteiger partial charge in [0.1, 0.15) is 5.82 Å². The van der Waals surface area contributed by atoms with E-state index in [0.29, 0.717) is 6.54 Å². The van der Waals surface area contributed by atoms with E-state index >= 15 is 0 Å². The van der Waals surface area contributed by atoms with Crippen LogP contribution in [0, 0.1) is 0 Å². The summed E-state index contributed by atoms with van der Waals surface area (Å²) < 4.78 is 2.17. The van der Waals surface area contributed by atoms with Crippen molar-refractivity contribution in [3.05, 3.63) is 47.0 Å². The minimum Gasteiger partial charge on any atom is -0.338 e. The molecule has 1 aliphatic heterocycles. The molecule has 1 aromatic heterocycles. The number of amides is 1. The van der Waals surface area contributed by atoms with Crippen molar-refractivity contribution in [3.8, 4) is 0 Å². The molecule has 0 fully saturated rings. The van der Waals surface area contributed by atoms with E-state index in [1.807, 2.05) is 18.0 Å². The van der Waals surface area contributed by atoms with Crippen LogP contribution in [-0.2, 0) is 30.7 Å². The van der Waals surface area contributed by atoms with E-state index in [4.69, 9.17) is 0 Å². The largest absolute Gasteiger partial charge is 0.338 e. The minimum atomic E-state index is -0.00841. The molecule has 5 nitrogen and oxygen atoms in total. The van der Waals surface area contributed by atoms with Gasteiger partial charge in [0.15, 0.2) is 5.82 Å². The highest BCUT2D eigenvalue weighted by molar-refractivity contribution is 5.84. The summed E-state index contributed by atoms with van der Waals surface area (Å²) in [5, 5.41) is 8.50. The number of hydrogen-bond acceptors (Lipinski definition) is 3. The molecule has 0 saturated heterocycles. The second kappa shape index (κ2) is 5.80. The Morgan fingerprint density at radius 2 is 2.13 bits per heavy atom. The lowest BCUT2D eigenvalue weighted by atomic mass is 9.82. The Hall–Kier alpha value is -2.17. The molecule has 0 spiro atoms. The van der Waals surface area contributed by atoms with Crippen LogP contribution in [0.15, 0.2) is 24.3 Å². The Labute approximate surface area is 136 Å². The third-order valence-corrected chi connectivity index (χ3v) is 5.11. The number of rotatable bonds is 3. The van der Waals surface area contributed by atoms with Crippen LogP contribution in [0.4, 0.5) is 0 Å². The summed E-state index contributed by atoms with van der Waals surface area (Å²) in [6.45, 7) is 1.52. The Kier molecular flexibility index (Phi) is 3.63. The van der Waals surface area contributed by atoms with Gasteiger partial charge in [0.25, 0.3) is 0 Å². The lowest BCUT2D eigenvalue weighted by Crippen LogP contribution is -2.33. The first-order valence-corrected chi connectivity index (χ1v) is 8.48. The molecule has 23 heavy (non-hydrogen) atoms. The Balaban J connectivity index is 1.53. The van der Waals surface area contributed by atoms with E-state index in [2.05, 4.69) is 33.0 Å². The second-order valence-electron chi connectivity index (χ2n) is 6.63. The first-order chi connectivity index (χ1) is 11.2. The van der Waals surface area contributed by atoms with Crippen molar-refractivity contribution in [1.29, 1.82) is 0 Å². The molecule has 0 radical (unpaired) electrons. The summed E-state index contributed by atoms with van der Waals surface area (Å²) in [6.07, 6.45) is 5.24. The number of fused-ring (bicyclic) bond motifs is 2. The van der Waals surface area contributed by atoms with Crippen molar-refractivity contribution >= 4 is 5.91 Å². The molecule has 1 amide bonds. The van der Waals surface area contributed by atoms with Gasteiger partial charge in [-0.1, -0.05) is 24.3 Å². The zero-order chi connectivity index (χ0) is 15.8. The molecule has 2 aliphatic rings. The number of benzene rings is 1. The van der Waals surface area contributed by atoms with Gasteiger partial charge in [0, 0.05) is 20.0 Å². The van der Waals surface area contributed by atoms with Crippen molar-refractivity contribution in [3.63, 3.8) is 0 Å². The predicted molar refractivity (Wildman–Crippen MR) is 86.9 cm³/mol. The zero-order valence-electron chi connectivity index (χ0n) is 13.5. The molecule has 2 aromatic rings. The quantitative estimate of drug-likeness (QED) is 0.874. The molecule has 2 heterocycles. The van der Waals surface area contributed by atoms with Crippen LogP contribution in [0.1, 0.15) is 48.0 Å². The minimum absolute atomic E-state index is 0.00841. The normalized spacial score (nSPS) is 19.3. The van der Waals surface area contributed by atoms with Gasteiger partial charge in [-0.3, -0.25) is 4.79 Å². The number of hydrogen-bond donors (Lipinski definition) is 0. The summed E-state index contributed by atoms with van der Waals surface area (Å²) in [5.74, 6) is 2.17. The Morgan fingerprint density at radius 1 is 1.26 bits per heavy atom. The second-order valence-corrected chi connectivity index (χ2v) is 6.63. The molecule has 0 N–H and O–H groups in total. The molecular weight excluding hydrogens is 288 g/mol. The van der Waals surface area contributed by atoms with Gasteiger partial charge in [0.2, 0.25) is 5.91 Å². The lowest BCUT2D eigenvalue weighted by Gasteiger charge is -2.28. The van der Waals surface area contributed by atoms with Crippen molar-refractivity contribution < 1.29 is 4.79 Å². The molecule has 120 valence electrons. The summed E-state index contributed by atoms with van der Waals surface area (Å²) in [4.78, 5) is 14.8. The third kappa shape index (κ3) is 2.54. The fourth-order valence-electron chi connectivity index (χ4n) is 3.89. The highest BCUT2D eigenvalue weighted by Crippen LogP contribution is 2.33. The molecule has 0 unspecified atom stereocenters. The molecule has 1 aromatic carbocycles. The highest BCUT2D eigenvalue weighted by Gasteiger charge is 2.29. The van der Waals surface area contributed by atoms with Crippen LogP contribution in [0.5, 0.6) is 0 Å². The van der Waals surface area contributed by atoms with Crippen molar-refractivity contribution in [2.45, 2.75) is 51.1 Å². The van der Waals surface area contributed by atoms with Gasteiger partial charge in [-0.15, -0.1) is 10.2 Å². The van der Waals surface area contributed by atoms with Crippen LogP contribution >= 0.6 is 0 Å². The average molecular weight is 310 g/mol. The lowest BCUT2D eigenvalue weighted by molar-refractivity contribution is -0.132. The van der Waals surface area contributed by atoms with Gasteiger partial charge in [-0.25, -0.2) is 0 Å². The van der Waals surface area contributed by atoms with Gasteiger partial charge >= 0.3 is 0 Å².